The summed E-state index contributed by atoms with van der Waals surface area (Å²) in [6.07, 6.45) is 7.85. The van der Waals surface area contributed by atoms with E-state index in [2.05, 4.69) is 44.8 Å². The first kappa shape index (κ1) is 16.9. The number of rotatable bonds is 2. The van der Waals surface area contributed by atoms with Crippen LogP contribution in [0.15, 0.2) is 33.3 Å². The minimum Gasteiger partial charge on any atom is -0.289 e. The molecule has 2 nitrogen and oxygen atoms in total. The van der Waals surface area contributed by atoms with Gasteiger partial charge in [0.15, 0.2) is 0 Å². The van der Waals surface area contributed by atoms with Crippen molar-refractivity contribution in [3.05, 3.63) is 23.3 Å². The van der Waals surface area contributed by atoms with E-state index in [0.717, 1.165) is 12.1 Å². The molecule has 1 aliphatic heterocycles. The molecule has 0 saturated carbocycles. The second-order valence-electron chi connectivity index (χ2n) is 5.70. The van der Waals surface area contributed by atoms with Crippen LogP contribution in [0, 0.1) is 5.92 Å². The quantitative estimate of drug-likeness (QED) is 0.632. The molecule has 0 saturated heterocycles. The Morgan fingerprint density at radius 2 is 1.95 bits per heavy atom. The van der Waals surface area contributed by atoms with Crippen LogP contribution in [-0.4, -0.2) is 24.0 Å². The van der Waals surface area contributed by atoms with E-state index in [4.69, 9.17) is 4.99 Å². The fourth-order valence-corrected chi connectivity index (χ4v) is 2.92. The lowest BCUT2D eigenvalue weighted by Crippen LogP contribution is -2.36. The predicted octanol–water partition coefficient (Wildman–Crippen LogP) is 5.01. The van der Waals surface area contributed by atoms with Crippen LogP contribution in [0.5, 0.6) is 0 Å². The number of hydrogen-bond donors (Lipinski definition) is 0. The molecule has 0 N–H and O–H groups in total. The maximum Gasteiger partial charge on any atom is 0.0646 e. The molecule has 2 heteroatoms. The molecule has 1 aliphatic carbocycles. The van der Waals surface area contributed by atoms with Crippen LogP contribution in [0.1, 0.15) is 60.8 Å². The highest BCUT2D eigenvalue weighted by atomic mass is 14.9. The molecule has 1 heterocycles. The summed E-state index contributed by atoms with van der Waals surface area (Å²) in [5.74, 6) is 0.628. The molecule has 2 aliphatic rings. The van der Waals surface area contributed by atoms with E-state index in [1.165, 1.54) is 29.7 Å². The summed E-state index contributed by atoms with van der Waals surface area (Å²) in [5.41, 5.74) is 5.10. The van der Waals surface area contributed by atoms with Gasteiger partial charge in [-0.05, 0) is 62.3 Å². The van der Waals surface area contributed by atoms with Crippen molar-refractivity contribution in [3.8, 4) is 0 Å². The second kappa shape index (κ2) is 7.01. The monoisotopic (exact) mass is 274 g/mol. The van der Waals surface area contributed by atoms with Gasteiger partial charge in [0.25, 0.3) is 0 Å². The standard InChI is InChI=1S/C16H24N2.C2H6/c1-6-12-10-16(4,7-2)18-15-11(3)8-13(17-5)9-14(12)15;1-2/h8-9,12H,6-7,10H2,1-5H3;1-2H3. The van der Waals surface area contributed by atoms with Crippen LogP contribution in [-0.2, 0) is 0 Å². The van der Waals surface area contributed by atoms with Crippen molar-refractivity contribution in [2.24, 2.45) is 15.9 Å². The van der Waals surface area contributed by atoms with Gasteiger partial charge in [-0.15, -0.1) is 0 Å². The summed E-state index contributed by atoms with van der Waals surface area (Å²) in [7, 11) is 1.86. The molecule has 0 spiro atoms. The highest BCUT2D eigenvalue weighted by molar-refractivity contribution is 6.24. The summed E-state index contributed by atoms with van der Waals surface area (Å²) >= 11 is 0. The van der Waals surface area contributed by atoms with E-state index < -0.39 is 0 Å². The van der Waals surface area contributed by atoms with Gasteiger partial charge in [-0.3, -0.25) is 9.98 Å². The molecule has 2 rings (SSSR count). The van der Waals surface area contributed by atoms with E-state index in [-0.39, 0.29) is 5.54 Å². The first-order valence-corrected chi connectivity index (χ1v) is 8.00. The number of aliphatic imine (C=N–C) groups is 2. The Bertz CT molecular complexity index is 466. The van der Waals surface area contributed by atoms with Gasteiger partial charge in [-0.2, -0.15) is 0 Å². The predicted molar refractivity (Wildman–Crippen MR) is 91.1 cm³/mol. The summed E-state index contributed by atoms with van der Waals surface area (Å²) in [4.78, 5) is 9.35. The molecular weight excluding hydrogens is 244 g/mol. The van der Waals surface area contributed by atoms with Crippen molar-refractivity contribution in [3.63, 3.8) is 0 Å². The fraction of sp³-hybridized carbons (Fsp3) is 0.667. The first-order chi connectivity index (χ1) is 9.53. The molecule has 0 aromatic rings. The van der Waals surface area contributed by atoms with Crippen molar-refractivity contribution in [2.45, 2.75) is 66.3 Å². The van der Waals surface area contributed by atoms with E-state index in [1.54, 1.807) is 0 Å². The summed E-state index contributed by atoms with van der Waals surface area (Å²) in [6, 6.07) is 0. The lowest BCUT2D eigenvalue weighted by molar-refractivity contribution is 0.345. The van der Waals surface area contributed by atoms with Gasteiger partial charge in [-0.25, -0.2) is 0 Å². The van der Waals surface area contributed by atoms with E-state index in [1.807, 2.05) is 20.9 Å². The second-order valence-corrected chi connectivity index (χ2v) is 5.70. The SMILES string of the molecule is CC.CCC1CC(C)(CC)N=C2C(C)=CC(=NC)C=C21. The maximum absolute atomic E-state index is 5.03. The third kappa shape index (κ3) is 3.28. The summed E-state index contributed by atoms with van der Waals surface area (Å²) < 4.78 is 0. The number of nitrogens with zero attached hydrogens (tertiary/aromatic N) is 2. The molecular formula is C18H30N2. The smallest absolute Gasteiger partial charge is 0.0646 e. The molecule has 2 atom stereocenters. The normalized spacial score (nSPS) is 30.6. The van der Waals surface area contributed by atoms with Crippen molar-refractivity contribution >= 4 is 11.4 Å². The van der Waals surface area contributed by atoms with Crippen LogP contribution in [0.4, 0.5) is 0 Å². The zero-order valence-electron chi connectivity index (χ0n) is 14.2. The number of fused-ring (bicyclic) bond motifs is 1. The lowest BCUT2D eigenvalue weighted by atomic mass is 9.74. The van der Waals surface area contributed by atoms with Crippen molar-refractivity contribution < 1.29 is 0 Å². The molecule has 112 valence electrons. The average Bonchev–Trinajstić information content (AvgIpc) is 2.49. The van der Waals surface area contributed by atoms with Crippen LogP contribution in [0.25, 0.3) is 0 Å². The Labute approximate surface area is 124 Å². The van der Waals surface area contributed by atoms with E-state index in [0.29, 0.717) is 5.92 Å². The van der Waals surface area contributed by atoms with Gasteiger partial charge in [0, 0.05) is 7.05 Å². The highest BCUT2D eigenvalue weighted by Gasteiger charge is 2.35. The zero-order chi connectivity index (χ0) is 15.3. The van der Waals surface area contributed by atoms with E-state index in [9.17, 15) is 0 Å². The third-order valence-corrected chi connectivity index (χ3v) is 4.34. The molecule has 0 aromatic carbocycles. The van der Waals surface area contributed by atoms with Gasteiger partial charge in [0.05, 0.1) is 17.0 Å². The largest absolute Gasteiger partial charge is 0.289 e. The Morgan fingerprint density at radius 1 is 1.30 bits per heavy atom. The van der Waals surface area contributed by atoms with Gasteiger partial charge in [-0.1, -0.05) is 27.7 Å². The van der Waals surface area contributed by atoms with Gasteiger partial charge < -0.3 is 0 Å². The Morgan fingerprint density at radius 3 is 2.45 bits per heavy atom. The van der Waals surface area contributed by atoms with Crippen LogP contribution in [0.3, 0.4) is 0 Å². The highest BCUT2D eigenvalue weighted by Crippen LogP contribution is 2.39. The minimum atomic E-state index is 0.114. The minimum absolute atomic E-state index is 0.114. The van der Waals surface area contributed by atoms with Crippen molar-refractivity contribution in [1.29, 1.82) is 0 Å². The number of hydrogen-bond acceptors (Lipinski definition) is 2. The molecule has 2 unspecified atom stereocenters. The van der Waals surface area contributed by atoms with Crippen LogP contribution < -0.4 is 0 Å². The fourth-order valence-electron chi connectivity index (χ4n) is 2.92. The van der Waals surface area contributed by atoms with Gasteiger partial charge in [0.1, 0.15) is 0 Å². The Hall–Kier alpha value is -1.18. The number of allylic oxidation sites excluding steroid dienone is 4. The molecule has 0 fully saturated rings. The Kier molecular flexibility index (Phi) is 5.91. The molecule has 0 radical (unpaired) electrons. The van der Waals surface area contributed by atoms with Crippen LogP contribution in [0.2, 0.25) is 0 Å². The average molecular weight is 274 g/mol. The molecule has 0 bridgehead atoms. The first-order valence-electron chi connectivity index (χ1n) is 8.00. The topological polar surface area (TPSA) is 24.7 Å². The summed E-state index contributed by atoms with van der Waals surface area (Å²) in [6.45, 7) is 13.0. The zero-order valence-corrected chi connectivity index (χ0v) is 14.2. The maximum atomic E-state index is 5.03. The van der Waals surface area contributed by atoms with Gasteiger partial charge >= 0.3 is 0 Å². The third-order valence-electron chi connectivity index (χ3n) is 4.34. The molecule has 20 heavy (non-hydrogen) atoms. The van der Waals surface area contributed by atoms with Crippen molar-refractivity contribution in [1.82, 2.24) is 0 Å². The van der Waals surface area contributed by atoms with Crippen molar-refractivity contribution in [2.75, 3.05) is 7.05 Å². The van der Waals surface area contributed by atoms with Gasteiger partial charge in [0.2, 0.25) is 0 Å². The molecule has 0 aromatic heterocycles. The molecule has 0 amide bonds. The summed E-state index contributed by atoms with van der Waals surface area (Å²) in [5, 5.41) is 0. The Balaban J connectivity index is 0.000000956. The van der Waals surface area contributed by atoms with E-state index >= 15 is 0 Å². The lowest BCUT2D eigenvalue weighted by Gasteiger charge is -2.38. The van der Waals surface area contributed by atoms with Crippen LogP contribution >= 0.6 is 0 Å².